The standard InChI is InChI=1S/C10H14N2OS/c1-6-5-14-8-4-2-3-7(9(6)8)12-10(11)13/h5,7H,2-4H2,1H3,(H3,11,12,13). The van der Waals surface area contributed by atoms with Crippen LogP contribution in [-0.2, 0) is 6.42 Å². The van der Waals surface area contributed by atoms with Crippen molar-refractivity contribution in [2.75, 3.05) is 0 Å². The predicted molar refractivity (Wildman–Crippen MR) is 57.5 cm³/mol. The number of amides is 2. The summed E-state index contributed by atoms with van der Waals surface area (Å²) < 4.78 is 0. The minimum Gasteiger partial charge on any atom is -0.352 e. The Kier molecular flexibility index (Phi) is 2.46. The molecule has 0 aliphatic heterocycles. The monoisotopic (exact) mass is 210 g/mol. The molecule has 76 valence electrons. The maximum Gasteiger partial charge on any atom is 0.312 e. The minimum atomic E-state index is -0.423. The van der Waals surface area contributed by atoms with Crippen LogP contribution >= 0.6 is 11.3 Å². The summed E-state index contributed by atoms with van der Waals surface area (Å²) in [6, 6.07) is -0.282. The Bertz CT molecular complexity index is 359. The Morgan fingerprint density at radius 2 is 2.50 bits per heavy atom. The van der Waals surface area contributed by atoms with Crippen molar-refractivity contribution < 1.29 is 4.79 Å². The fraction of sp³-hybridized carbons (Fsp3) is 0.500. The van der Waals surface area contributed by atoms with E-state index in [9.17, 15) is 4.79 Å². The molecule has 14 heavy (non-hydrogen) atoms. The molecule has 2 rings (SSSR count). The van der Waals surface area contributed by atoms with E-state index in [4.69, 9.17) is 5.73 Å². The molecule has 1 atom stereocenters. The molecule has 3 nitrogen and oxygen atoms in total. The van der Waals surface area contributed by atoms with Crippen molar-refractivity contribution in [1.29, 1.82) is 0 Å². The number of carbonyl (C=O) groups excluding carboxylic acids is 1. The summed E-state index contributed by atoms with van der Waals surface area (Å²) in [6.07, 6.45) is 3.29. The summed E-state index contributed by atoms with van der Waals surface area (Å²) >= 11 is 1.79. The lowest BCUT2D eigenvalue weighted by Crippen LogP contribution is -2.34. The van der Waals surface area contributed by atoms with Crippen molar-refractivity contribution in [2.45, 2.75) is 32.2 Å². The van der Waals surface area contributed by atoms with Crippen molar-refractivity contribution in [2.24, 2.45) is 5.73 Å². The summed E-state index contributed by atoms with van der Waals surface area (Å²) in [6.45, 7) is 2.09. The average molecular weight is 210 g/mol. The lowest BCUT2D eigenvalue weighted by molar-refractivity contribution is 0.244. The lowest BCUT2D eigenvalue weighted by atomic mass is 9.91. The maximum absolute atomic E-state index is 10.8. The van der Waals surface area contributed by atoms with Crippen LogP contribution in [0.15, 0.2) is 5.38 Å². The molecule has 1 heterocycles. The number of aryl methyl sites for hydroxylation is 2. The molecule has 0 saturated heterocycles. The summed E-state index contributed by atoms with van der Waals surface area (Å²) in [7, 11) is 0. The first kappa shape index (κ1) is 9.52. The molecule has 4 heteroatoms. The van der Waals surface area contributed by atoms with Crippen LogP contribution in [0, 0.1) is 6.92 Å². The van der Waals surface area contributed by atoms with E-state index in [1.807, 2.05) is 0 Å². The summed E-state index contributed by atoms with van der Waals surface area (Å²) in [5, 5.41) is 4.97. The molecule has 0 fully saturated rings. The van der Waals surface area contributed by atoms with Gasteiger partial charge in [-0.05, 0) is 42.7 Å². The van der Waals surface area contributed by atoms with Crippen LogP contribution in [0.2, 0.25) is 0 Å². The Hall–Kier alpha value is -1.03. The highest BCUT2D eigenvalue weighted by molar-refractivity contribution is 7.10. The van der Waals surface area contributed by atoms with E-state index in [2.05, 4.69) is 17.6 Å². The lowest BCUT2D eigenvalue weighted by Gasteiger charge is -2.23. The fourth-order valence-electron chi connectivity index (χ4n) is 2.10. The van der Waals surface area contributed by atoms with Gasteiger partial charge >= 0.3 is 6.03 Å². The Labute approximate surface area is 87.3 Å². The van der Waals surface area contributed by atoms with Gasteiger partial charge in [0.25, 0.3) is 0 Å². The highest BCUT2D eigenvalue weighted by Gasteiger charge is 2.23. The third kappa shape index (κ3) is 1.62. The van der Waals surface area contributed by atoms with Gasteiger partial charge in [-0.1, -0.05) is 0 Å². The molecule has 1 aromatic rings. The number of urea groups is 1. The molecule has 2 amide bonds. The van der Waals surface area contributed by atoms with Gasteiger partial charge in [-0.3, -0.25) is 0 Å². The summed E-state index contributed by atoms with van der Waals surface area (Å²) in [5.41, 5.74) is 7.74. The second-order valence-electron chi connectivity index (χ2n) is 3.71. The highest BCUT2D eigenvalue weighted by atomic mass is 32.1. The zero-order valence-electron chi connectivity index (χ0n) is 8.17. The second kappa shape index (κ2) is 3.61. The molecule has 1 aliphatic carbocycles. The highest BCUT2D eigenvalue weighted by Crippen LogP contribution is 2.36. The fourth-order valence-corrected chi connectivity index (χ4v) is 3.23. The van der Waals surface area contributed by atoms with Gasteiger partial charge in [-0.25, -0.2) is 4.79 Å². The van der Waals surface area contributed by atoms with Crippen LogP contribution in [0.3, 0.4) is 0 Å². The normalized spacial score (nSPS) is 20.2. The van der Waals surface area contributed by atoms with Gasteiger partial charge in [0, 0.05) is 4.88 Å². The summed E-state index contributed by atoms with van der Waals surface area (Å²) in [4.78, 5) is 12.2. The number of carbonyl (C=O) groups is 1. The second-order valence-corrected chi connectivity index (χ2v) is 4.67. The van der Waals surface area contributed by atoms with Gasteiger partial charge in [0.1, 0.15) is 0 Å². The molecule has 1 unspecified atom stereocenters. The van der Waals surface area contributed by atoms with Crippen molar-refractivity contribution in [3.05, 3.63) is 21.4 Å². The van der Waals surface area contributed by atoms with Gasteiger partial charge < -0.3 is 11.1 Å². The van der Waals surface area contributed by atoms with E-state index >= 15 is 0 Å². The van der Waals surface area contributed by atoms with Gasteiger partial charge in [-0.2, -0.15) is 0 Å². The molecule has 0 bridgehead atoms. The SMILES string of the molecule is Cc1csc2c1C(NC(N)=O)CCC2. The topological polar surface area (TPSA) is 55.1 Å². The largest absolute Gasteiger partial charge is 0.352 e. The number of primary amides is 1. The van der Waals surface area contributed by atoms with E-state index in [1.165, 1.54) is 16.0 Å². The maximum atomic E-state index is 10.8. The molecule has 0 saturated carbocycles. The molecule has 0 spiro atoms. The van der Waals surface area contributed by atoms with Crippen LogP contribution in [0.5, 0.6) is 0 Å². The van der Waals surface area contributed by atoms with Crippen LogP contribution in [0.4, 0.5) is 4.79 Å². The van der Waals surface area contributed by atoms with Crippen molar-refractivity contribution in [3.63, 3.8) is 0 Å². The van der Waals surface area contributed by atoms with E-state index < -0.39 is 6.03 Å². The summed E-state index contributed by atoms with van der Waals surface area (Å²) in [5.74, 6) is 0. The van der Waals surface area contributed by atoms with Crippen molar-refractivity contribution >= 4 is 17.4 Å². The van der Waals surface area contributed by atoms with Crippen LogP contribution in [-0.4, -0.2) is 6.03 Å². The van der Waals surface area contributed by atoms with E-state index in [0.717, 1.165) is 19.3 Å². The minimum absolute atomic E-state index is 0.141. The number of rotatable bonds is 1. The van der Waals surface area contributed by atoms with Gasteiger partial charge in [-0.15, -0.1) is 11.3 Å². The Morgan fingerprint density at radius 1 is 1.71 bits per heavy atom. The number of fused-ring (bicyclic) bond motifs is 1. The first-order valence-corrected chi connectivity index (χ1v) is 5.69. The third-order valence-electron chi connectivity index (χ3n) is 2.66. The zero-order valence-corrected chi connectivity index (χ0v) is 8.99. The number of thiophene rings is 1. The van der Waals surface area contributed by atoms with Gasteiger partial charge in [0.15, 0.2) is 0 Å². The smallest absolute Gasteiger partial charge is 0.312 e. The zero-order chi connectivity index (χ0) is 10.1. The number of hydrogen-bond acceptors (Lipinski definition) is 2. The molecular formula is C10H14N2OS. The first-order chi connectivity index (χ1) is 6.68. The molecule has 0 radical (unpaired) electrons. The molecular weight excluding hydrogens is 196 g/mol. The first-order valence-electron chi connectivity index (χ1n) is 4.81. The molecule has 3 N–H and O–H groups in total. The number of nitrogens with two attached hydrogens (primary N) is 1. The van der Waals surface area contributed by atoms with E-state index in [0.29, 0.717) is 0 Å². The number of hydrogen-bond donors (Lipinski definition) is 2. The van der Waals surface area contributed by atoms with Crippen molar-refractivity contribution in [3.8, 4) is 0 Å². The van der Waals surface area contributed by atoms with E-state index in [-0.39, 0.29) is 6.04 Å². The van der Waals surface area contributed by atoms with Gasteiger partial charge in [0.05, 0.1) is 6.04 Å². The van der Waals surface area contributed by atoms with Crippen LogP contribution in [0.1, 0.15) is 34.9 Å². The Balaban J connectivity index is 2.29. The van der Waals surface area contributed by atoms with Crippen molar-refractivity contribution in [1.82, 2.24) is 5.32 Å². The molecule has 1 aromatic heterocycles. The van der Waals surface area contributed by atoms with Crippen LogP contribution < -0.4 is 11.1 Å². The van der Waals surface area contributed by atoms with Gasteiger partial charge in [0.2, 0.25) is 0 Å². The quantitative estimate of drug-likeness (QED) is 0.732. The molecule has 1 aliphatic rings. The molecule has 0 aromatic carbocycles. The van der Waals surface area contributed by atoms with Crippen LogP contribution in [0.25, 0.3) is 0 Å². The number of nitrogens with one attached hydrogen (secondary N) is 1. The third-order valence-corrected chi connectivity index (χ3v) is 3.84. The predicted octanol–water partition coefficient (Wildman–Crippen LogP) is 2.10. The van der Waals surface area contributed by atoms with E-state index in [1.54, 1.807) is 11.3 Å². The Morgan fingerprint density at radius 3 is 3.21 bits per heavy atom. The average Bonchev–Trinajstić information content (AvgIpc) is 2.48.